The number of amides is 3. The Hall–Kier alpha value is -3.06. The van der Waals surface area contributed by atoms with Crippen LogP contribution in [0, 0.1) is 13.8 Å². The Morgan fingerprint density at radius 2 is 1.69 bits per heavy atom. The third-order valence-corrected chi connectivity index (χ3v) is 5.68. The third kappa shape index (κ3) is 8.28. The maximum Gasteiger partial charge on any atom is 0.408 e. The van der Waals surface area contributed by atoms with Crippen LogP contribution in [0.25, 0.3) is 0 Å². The maximum atomic E-state index is 13.7. The zero-order valence-electron chi connectivity index (χ0n) is 21.4. The van der Waals surface area contributed by atoms with E-state index in [1.54, 1.807) is 26.8 Å². The first-order valence-electron chi connectivity index (χ1n) is 11.8. The fourth-order valence-corrected chi connectivity index (χ4v) is 3.88. The molecule has 7 nitrogen and oxygen atoms in total. The molecule has 190 valence electrons. The molecule has 0 bridgehead atoms. The van der Waals surface area contributed by atoms with Gasteiger partial charge in [-0.1, -0.05) is 61.3 Å². The average molecular weight is 502 g/mol. The minimum absolute atomic E-state index is 0.292. The van der Waals surface area contributed by atoms with Crippen molar-refractivity contribution < 1.29 is 19.1 Å². The van der Waals surface area contributed by atoms with Crippen molar-refractivity contribution in [3.63, 3.8) is 0 Å². The molecule has 0 aliphatic rings. The molecule has 1 atom stereocenters. The van der Waals surface area contributed by atoms with Crippen molar-refractivity contribution in [1.82, 2.24) is 10.2 Å². The van der Waals surface area contributed by atoms with Crippen LogP contribution in [-0.2, 0) is 14.3 Å². The van der Waals surface area contributed by atoms with Gasteiger partial charge in [0.25, 0.3) is 5.91 Å². The number of unbranched alkanes of at least 4 members (excludes halogenated alkanes) is 1. The Balaban J connectivity index is 2.41. The molecule has 0 aliphatic carbocycles. The van der Waals surface area contributed by atoms with Crippen LogP contribution in [0.2, 0.25) is 5.02 Å². The second-order valence-electron chi connectivity index (χ2n) is 9.48. The second-order valence-corrected chi connectivity index (χ2v) is 9.88. The van der Waals surface area contributed by atoms with Crippen molar-refractivity contribution in [2.24, 2.45) is 0 Å². The van der Waals surface area contributed by atoms with Gasteiger partial charge in [-0.25, -0.2) is 4.79 Å². The summed E-state index contributed by atoms with van der Waals surface area (Å²) in [7, 11) is 0. The number of anilines is 1. The van der Waals surface area contributed by atoms with Gasteiger partial charge in [-0.3, -0.25) is 9.59 Å². The Kier molecular flexibility index (Phi) is 10.1. The van der Waals surface area contributed by atoms with E-state index in [1.165, 1.54) is 4.90 Å². The molecule has 2 aromatic carbocycles. The topological polar surface area (TPSA) is 87.7 Å². The molecule has 2 aromatic rings. The van der Waals surface area contributed by atoms with Crippen molar-refractivity contribution in [2.45, 2.75) is 66.0 Å². The Bertz CT molecular complexity index is 1030. The number of carbonyl (C=O) groups excluding carboxylic acids is 3. The first-order valence-corrected chi connectivity index (χ1v) is 12.2. The van der Waals surface area contributed by atoms with E-state index >= 15 is 0 Å². The first-order chi connectivity index (χ1) is 16.4. The van der Waals surface area contributed by atoms with Crippen molar-refractivity contribution in [2.75, 3.05) is 18.4 Å². The predicted octanol–water partition coefficient (Wildman–Crippen LogP) is 5.79. The quantitative estimate of drug-likeness (QED) is 0.455. The van der Waals surface area contributed by atoms with Crippen LogP contribution in [-0.4, -0.2) is 41.5 Å². The number of hydrogen-bond acceptors (Lipinski definition) is 4. The molecule has 0 spiro atoms. The zero-order valence-corrected chi connectivity index (χ0v) is 22.2. The van der Waals surface area contributed by atoms with Crippen LogP contribution in [0.3, 0.4) is 0 Å². The van der Waals surface area contributed by atoms with Gasteiger partial charge < -0.3 is 20.3 Å². The highest BCUT2D eigenvalue weighted by molar-refractivity contribution is 6.34. The molecule has 2 N–H and O–H groups in total. The summed E-state index contributed by atoms with van der Waals surface area (Å²) in [6.07, 6.45) is 0.832. The number of aryl methyl sites for hydroxylation is 2. The lowest BCUT2D eigenvalue weighted by Crippen LogP contribution is -2.47. The van der Waals surface area contributed by atoms with Crippen LogP contribution in [0.5, 0.6) is 0 Å². The number of ether oxygens (including phenoxy) is 1. The van der Waals surface area contributed by atoms with Crippen molar-refractivity contribution in [3.8, 4) is 0 Å². The van der Waals surface area contributed by atoms with E-state index in [2.05, 4.69) is 10.6 Å². The lowest BCUT2D eigenvalue weighted by Gasteiger charge is -2.32. The molecule has 35 heavy (non-hydrogen) atoms. The largest absolute Gasteiger partial charge is 0.444 e. The average Bonchev–Trinajstić information content (AvgIpc) is 2.77. The van der Waals surface area contributed by atoms with Crippen LogP contribution in [0.15, 0.2) is 42.5 Å². The summed E-state index contributed by atoms with van der Waals surface area (Å²) in [5, 5.41) is 5.87. The van der Waals surface area contributed by atoms with E-state index in [4.69, 9.17) is 16.3 Å². The van der Waals surface area contributed by atoms with E-state index in [-0.39, 0.29) is 18.4 Å². The Morgan fingerprint density at radius 1 is 1.03 bits per heavy atom. The molecular formula is C27H36ClN3O4. The van der Waals surface area contributed by atoms with Crippen molar-refractivity contribution in [3.05, 3.63) is 64.2 Å². The lowest BCUT2D eigenvalue weighted by atomic mass is 9.98. The number of alkyl carbamates (subject to hydrolysis) is 1. The monoisotopic (exact) mass is 501 g/mol. The van der Waals surface area contributed by atoms with Gasteiger partial charge in [0.05, 0.1) is 10.7 Å². The van der Waals surface area contributed by atoms with Crippen LogP contribution < -0.4 is 10.6 Å². The third-order valence-electron chi connectivity index (χ3n) is 5.37. The molecule has 2 rings (SSSR count). The number of rotatable bonds is 9. The number of carbonyl (C=O) groups is 3. The molecule has 0 fully saturated rings. The molecular weight excluding hydrogens is 466 g/mol. The molecule has 0 saturated carbocycles. The summed E-state index contributed by atoms with van der Waals surface area (Å²) in [5.74, 6) is -0.763. The highest BCUT2D eigenvalue weighted by Crippen LogP contribution is 2.30. The number of para-hydroxylation sites is 1. The summed E-state index contributed by atoms with van der Waals surface area (Å²) in [6.45, 7) is 11.1. The van der Waals surface area contributed by atoms with Gasteiger partial charge in [0.2, 0.25) is 5.91 Å². The zero-order chi connectivity index (χ0) is 26.2. The minimum Gasteiger partial charge on any atom is -0.444 e. The summed E-state index contributed by atoms with van der Waals surface area (Å²) in [5.41, 5.74) is 2.21. The Labute approximate surface area is 213 Å². The van der Waals surface area contributed by atoms with Gasteiger partial charge in [-0.15, -0.1) is 0 Å². The molecule has 0 aromatic heterocycles. The second kappa shape index (κ2) is 12.6. The van der Waals surface area contributed by atoms with Gasteiger partial charge in [0, 0.05) is 6.54 Å². The summed E-state index contributed by atoms with van der Waals surface area (Å²) in [6, 6.07) is 11.9. The normalized spacial score (nSPS) is 12.0. The molecule has 0 heterocycles. The lowest BCUT2D eigenvalue weighted by molar-refractivity contribution is -0.138. The van der Waals surface area contributed by atoms with E-state index in [9.17, 15) is 14.4 Å². The fourth-order valence-electron chi connectivity index (χ4n) is 3.62. The molecule has 0 aliphatic heterocycles. The fraction of sp³-hybridized carbons (Fsp3) is 0.444. The Morgan fingerprint density at radius 3 is 2.29 bits per heavy atom. The summed E-state index contributed by atoms with van der Waals surface area (Å²) >= 11 is 6.36. The molecule has 1 unspecified atom stereocenters. The van der Waals surface area contributed by atoms with E-state index in [0.717, 1.165) is 17.5 Å². The van der Waals surface area contributed by atoms with E-state index in [1.807, 2.05) is 57.2 Å². The molecule has 3 amide bonds. The minimum atomic E-state index is -0.911. The summed E-state index contributed by atoms with van der Waals surface area (Å²) in [4.78, 5) is 40.8. The van der Waals surface area contributed by atoms with Gasteiger partial charge in [-0.05, 0) is 63.8 Å². The SMILES string of the molecule is CCCCN(C(=O)CNC(=O)OC(C)(C)C)C(C(=O)Nc1c(C)cccc1Cl)c1ccccc1C. The van der Waals surface area contributed by atoms with Gasteiger partial charge in [0.1, 0.15) is 18.2 Å². The first kappa shape index (κ1) is 28.2. The number of hydrogen-bond donors (Lipinski definition) is 2. The van der Waals surface area contributed by atoms with Crippen molar-refractivity contribution in [1.29, 1.82) is 0 Å². The van der Waals surface area contributed by atoms with Crippen molar-refractivity contribution >= 4 is 35.2 Å². The maximum absolute atomic E-state index is 13.7. The van der Waals surface area contributed by atoms with Gasteiger partial charge in [-0.2, -0.15) is 0 Å². The highest BCUT2D eigenvalue weighted by atomic mass is 35.5. The van der Waals surface area contributed by atoms with Crippen LogP contribution in [0.4, 0.5) is 10.5 Å². The number of nitrogens with zero attached hydrogens (tertiary/aromatic N) is 1. The van der Waals surface area contributed by atoms with E-state index < -0.39 is 17.7 Å². The number of benzene rings is 2. The van der Waals surface area contributed by atoms with E-state index in [0.29, 0.717) is 29.2 Å². The molecule has 8 heteroatoms. The standard InChI is InChI=1S/C27H36ClN3O4/c1-7-8-16-31(22(32)17-29-26(34)35-27(4,5)6)24(20-14-10-9-12-18(20)2)25(33)30-23-19(3)13-11-15-21(23)28/h9-15,24H,7-8,16-17H2,1-6H3,(H,29,34)(H,30,33). The van der Waals surface area contributed by atoms with Gasteiger partial charge >= 0.3 is 6.09 Å². The summed E-state index contributed by atoms with van der Waals surface area (Å²) < 4.78 is 5.25. The molecule has 0 radical (unpaired) electrons. The number of halogens is 1. The van der Waals surface area contributed by atoms with Crippen LogP contribution in [0.1, 0.15) is 63.3 Å². The number of nitrogens with one attached hydrogen (secondary N) is 2. The van der Waals surface area contributed by atoms with Gasteiger partial charge in [0.15, 0.2) is 0 Å². The van der Waals surface area contributed by atoms with Crippen LogP contribution >= 0.6 is 11.6 Å². The smallest absolute Gasteiger partial charge is 0.408 e. The predicted molar refractivity (Wildman–Crippen MR) is 140 cm³/mol. The molecule has 0 saturated heterocycles. The highest BCUT2D eigenvalue weighted by Gasteiger charge is 2.33.